The lowest BCUT2D eigenvalue weighted by atomic mass is 10.0. The van der Waals surface area contributed by atoms with E-state index < -0.39 is 0 Å². The van der Waals surface area contributed by atoms with Crippen molar-refractivity contribution in [1.29, 1.82) is 0 Å². The van der Waals surface area contributed by atoms with Gasteiger partial charge in [0.2, 0.25) is 5.91 Å². The van der Waals surface area contributed by atoms with Crippen molar-refractivity contribution in [3.63, 3.8) is 0 Å². The maximum absolute atomic E-state index is 11.9. The lowest BCUT2D eigenvalue weighted by Crippen LogP contribution is -2.48. The molecule has 2 rings (SSSR count). The Bertz CT molecular complexity index is 389. The lowest BCUT2D eigenvalue weighted by molar-refractivity contribution is -0.120. The van der Waals surface area contributed by atoms with E-state index in [4.69, 9.17) is 4.52 Å². The standard InChI is InChI=1S/C13H21N3O2/c1-3-11-10(12(4-2)18-16-11)5-13(17)15-8-9-6-14-7-9/h9,14H,3-8H2,1-2H3,(H,15,17). The van der Waals surface area contributed by atoms with Crippen LogP contribution in [0.4, 0.5) is 0 Å². The Labute approximate surface area is 107 Å². The van der Waals surface area contributed by atoms with Crippen LogP contribution < -0.4 is 10.6 Å². The van der Waals surface area contributed by atoms with Crippen LogP contribution in [0.1, 0.15) is 30.9 Å². The predicted molar refractivity (Wildman–Crippen MR) is 68.3 cm³/mol. The lowest BCUT2D eigenvalue weighted by Gasteiger charge is -2.27. The van der Waals surface area contributed by atoms with Crippen LogP contribution in [0.15, 0.2) is 4.52 Å². The highest BCUT2D eigenvalue weighted by atomic mass is 16.5. The molecule has 0 spiro atoms. The van der Waals surface area contributed by atoms with Gasteiger partial charge in [-0.1, -0.05) is 19.0 Å². The minimum atomic E-state index is 0.0644. The van der Waals surface area contributed by atoms with Crippen molar-refractivity contribution in [1.82, 2.24) is 15.8 Å². The summed E-state index contributed by atoms with van der Waals surface area (Å²) < 4.78 is 5.25. The van der Waals surface area contributed by atoms with Crippen molar-refractivity contribution in [2.45, 2.75) is 33.1 Å². The number of nitrogens with one attached hydrogen (secondary N) is 2. The van der Waals surface area contributed by atoms with Gasteiger partial charge in [0, 0.05) is 37.5 Å². The molecule has 0 aliphatic carbocycles. The summed E-state index contributed by atoms with van der Waals surface area (Å²) in [6.45, 7) is 6.82. The number of amides is 1. The zero-order chi connectivity index (χ0) is 13.0. The van der Waals surface area contributed by atoms with Crippen molar-refractivity contribution >= 4 is 5.91 Å². The molecule has 0 radical (unpaired) electrons. The average Bonchev–Trinajstić information content (AvgIpc) is 2.69. The van der Waals surface area contributed by atoms with Gasteiger partial charge in [-0.3, -0.25) is 4.79 Å². The number of carbonyl (C=O) groups excluding carboxylic acids is 1. The van der Waals surface area contributed by atoms with Crippen molar-refractivity contribution in [3.05, 3.63) is 17.0 Å². The first-order chi connectivity index (χ1) is 8.74. The van der Waals surface area contributed by atoms with Crippen LogP contribution in [0.2, 0.25) is 0 Å². The van der Waals surface area contributed by atoms with Gasteiger partial charge in [0.25, 0.3) is 0 Å². The molecule has 1 amide bonds. The maximum atomic E-state index is 11.9. The van der Waals surface area contributed by atoms with Crippen LogP contribution in [-0.4, -0.2) is 30.7 Å². The first-order valence-electron chi connectivity index (χ1n) is 6.68. The third kappa shape index (κ3) is 2.90. The number of aryl methyl sites for hydroxylation is 2. The maximum Gasteiger partial charge on any atom is 0.224 e. The van der Waals surface area contributed by atoms with Crippen molar-refractivity contribution in [3.8, 4) is 0 Å². The molecule has 1 aromatic rings. The first kappa shape index (κ1) is 13.1. The predicted octanol–water partition coefficient (Wildman–Crippen LogP) is 0.678. The molecular formula is C13H21N3O2. The zero-order valence-corrected chi connectivity index (χ0v) is 11.1. The fourth-order valence-electron chi connectivity index (χ4n) is 2.11. The summed E-state index contributed by atoms with van der Waals surface area (Å²) in [6, 6.07) is 0. The number of hydrogen-bond acceptors (Lipinski definition) is 4. The highest BCUT2D eigenvalue weighted by molar-refractivity contribution is 5.79. The van der Waals surface area contributed by atoms with Gasteiger partial charge < -0.3 is 15.2 Å². The Morgan fingerprint density at radius 2 is 2.22 bits per heavy atom. The van der Waals surface area contributed by atoms with E-state index in [1.807, 2.05) is 13.8 Å². The summed E-state index contributed by atoms with van der Waals surface area (Å²) in [5.74, 6) is 1.49. The van der Waals surface area contributed by atoms with Gasteiger partial charge in [0.05, 0.1) is 12.1 Å². The van der Waals surface area contributed by atoms with E-state index in [1.54, 1.807) is 0 Å². The van der Waals surface area contributed by atoms with Gasteiger partial charge in [-0.15, -0.1) is 0 Å². The molecule has 0 saturated carbocycles. The second kappa shape index (κ2) is 6.00. The fourth-order valence-corrected chi connectivity index (χ4v) is 2.11. The van der Waals surface area contributed by atoms with Gasteiger partial charge in [0.15, 0.2) is 0 Å². The molecule has 5 heteroatoms. The van der Waals surface area contributed by atoms with Gasteiger partial charge in [-0.05, 0) is 6.42 Å². The second-order valence-corrected chi connectivity index (χ2v) is 4.74. The highest BCUT2D eigenvalue weighted by Gasteiger charge is 2.19. The zero-order valence-electron chi connectivity index (χ0n) is 11.1. The molecule has 1 aliphatic heterocycles. The number of nitrogens with zero attached hydrogens (tertiary/aromatic N) is 1. The van der Waals surface area contributed by atoms with Gasteiger partial charge >= 0.3 is 0 Å². The minimum Gasteiger partial charge on any atom is -0.361 e. The molecule has 2 N–H and O–H groups in total. The van der Waals surface area contributed by atoms with Crippen molar-refractivity contribution in [2.75, 3.05) is 19.6 Å². The van der Waals surface area contributed by atoms with Gasteiger partial charge in [-0.25, -0.2) is 0 Å². The second-order valence-electron chi connectivity index (χ2n) is 4.74. The van der Waals surface area contributed by atoms with Crippen LogP contribution >= 0.6 is 0 Å². The normalized spacial score (nSPS) is 15.4. The average molecular weight is 251 g/mol. The third-order valence-electron chi connectivity index (χ3n) is 3.40. The van der Waals surface area contributed by atoms with Crippen molar-refractivity contribution < 1.29 is 9.32 Å². The van der Waals surface area contributed by atoms with E-state index in [-0.39, 0.29) is 5.91 Å². The Kier molecular flexibility index (Phi) is 4.36. The van der Waals surface area contributed by atoms with Crippen LogP contribution in [0.25, 0.3) is 0 Å². The summed E-state index contributed by atoms with van der Waals surface area (Å²) in [5, 5.41) is 10.2. The summed E-state index contributed by atoms with van der Waals surface area (Å²) in [4.78, 5) is 11.9. The first-order valence-corrected chi connectivity index (χ1v) is 6.68. The number of hydrogen-bond donors (Lipinski definition) is 2. The number of aromatic nitrogens is 1. The molecule has 5 nitrogen and oxygen atoms in total. The molecule has 100 valence electrons. The quantitative estimate of drug-likeness (QED) is 0.780. The third-order valence-corrected chi connectivity index (χ3v) is 3.40. The van der Waals surface area contributed by atoms with E-state index in [2.05, 4.69) is 15.8 Å². The van der Waals surface area contributed by atoms with Gasteiger partial charge in [-0.2, -0.15) is 0 Å². The van der Waals surface area contributed by atoms with E-state index in [1.165, 1.54) is 0 Å². The Balaban J connectivity index is 1.90. The van der Waals surface area contributed by atoms with Crippen LogP contribution in [0.5, 0.6) is 0 Å². The molecule has 1 aliphatic rings. The van der Waals surface area contributed by atoms with E-state index in [0.29, 0.717) is 12.3 Å². The smallest absolute Gasteiger partial charge is 0.224 e. The number of carbonyl (C=O) groups is 1. The topological polar surface area (TPSA) is 67.2 Å². The fraction of sp³-hybridized carbons (Fsp3) is 0.692. The molecule has 1 saturated heterocycles. The molecule has 0 bridgehead atoms. The Morgan fingerprint density at radius 3 is 2.78 bits per heavy atom. The molecule has 2 heterocycles. The monoisotopic (exact) mass is 251 g/mol. The summed E-state index contributed by atoms with van der Waals surface area (Å²) in [7, 11) is 0. The van der Waals surface area contributed by atoms with E-state index in [9.17, 15) is 4.79 Å². The van der Waals surface area contributed by atoms with Crippen LogP contribution in [0, 0.1) is 5.92 Å². The SMILES string of the molecule is CCc1noc(CC)c1CC(=O)NCC1CNC1. The Hall–Kier alpha value is -1.36. The molecule has 1 fully saturated rings. The molecule has 18 heavy (non-hydrogen) atoms. The van der Waals surface area contributed by atoms with E-state index in [0.717, 1.165) is 49.5 Å². The Morgan fingerprint density at radius 1 is 1.44 bits per heavy atom. The highest BCUT2D eigenvalue weighted by Crippen LogP contribution is 2.16. The minimum absolute atomic E-state index is 0.0644. The van der Waals surface area contributed by atoms with Crippen molar-refractivity contribution in [2.24, 2.45) is 5.92 Å². The van der Waals surface area contributed by atoms with Gasteiger partial charge in [0.1, 0.15) is 5.76 Å². The number of rotatable bonds is 6. The van der Waals surface area contributed by atoms with Crippen LogP contribution in [-0.2, 0) is 24.1 Å². The molecule has 0 atom stereocenters. The summed E-state index contributed by atoms with van der Waals surface area (Å²) in [6.07, 6.45) is 1.97. The summed E-state index contributed by atoms with van der Waals surface area (Å²) in [5.41, 5.74) is 1.89. The molecule has 1 aromatic heterocycles. The van der Waals surface area contributed by atoms with Crippen LogP contribution in [0.3, 0.4) is 0 Å². The molecule has 0 unspecified atom stereocenters. The molecular weight excluding hydrogens is 230 g/mol. The largest absolute Gasteiger partial charge is 0.361 e. The molecule has 0 aromatic carbocycles. The van der Waals surface area contributed by atoms with E-state index >= 15 is 0 Å². The summed E-state index contributed by atoms with van der Waals surface area (Å²) >= 11 is 0.